The van der Waals surface area contributed by atoms with Gasteiger partial charge in [-0.2, -0.15) is 0 Å². The van der Waals surface area contributed by atoms with Gasteiger partial charge in [0.1, 0.15) is 5.69 Å². The van der Waals surface area contributed by atoms with E-state index in [9.17, 15) is 4.79 Å². The second-order valence-corrected chi connectivity index (χ2v) is 6.86. The summed E-state index contributed by atoms with van der Waals surface area (Å²) in [5.74, 6) is 0.714. The number of amides is 1. The molecule has 0 aromatic carbocycles. The molecule has 6 heteroatoms. The number of hydrogen-bond acceptors (Lipinski definition) is 3. The topological polar surface area (TPSA) is 59.2 Å². The average molecular weight is 346 g/mol. The molecule has 1 aromatic heterocycles. The van der Waals surface area contributed by atoms with Crippen LogP contribution in [0.15, 0.2) is 18.3 Å². The molecule has 0 radical (unpaired) electrons. The Hall–Kier alpha value is -0.840. The van der Waals surface area contributed by atoms with Crippen molar-refractivity contribution in [1.82, 2.24) is 9.88 Å². The third-order valence-electron chi connectivity index (χ3n) is 4.65. The molecule has 2 fully saturated rings. The average Bonchev–Trinajstić information content (AvgIpc) is 3.26. The van der Waals surface area contributed by atoms with Crippen LogP contribution in [0.25, 0.3) is 0 Å². The summed E-state index contributed by atoms with van der Waals surface area (Å²) in [6, 6.07) is 4.09. The van der Waals surface area contributed by atoms with Gasteiger partial charge in [0.05, 0.1) is 0 Å². The van der Waals surface area contributed by atoms with Crippen molar-refractivity contribution >= 4 is 30.7 Å². The fraction of sp³-hybridized carbons (Fsp3) is 0.625. The number of aromatic nitrogens is 1. The van der Waals surface area contributed by atoms with Crippen molar-refractivity contribution in [3.63, 3.8) is 0 Å². The standard InChI is InChI=1S/C16H23N3O.2ClH/c1-16(2)10-19(8-7-14(16)17)15(20)13-6-5-12(9-18-13)11-3-4-11;;/h5-6,9,11,14H,3-4,7-8,10,17H2,1-2H3;2*1H. The van der Waals surface area contributed by atoms with Crippen LogP contribution in [0.3, 0.4) is 0 Å². The molecule has 1 amide bonds. The molecule has 1 unspecified atom stereocenters. The van der Waals surface area contributed by atoms with Gasteiger partial charge in [-0.25, -0.2) is 0 Å². The summed E-state index contributed by atoms with van der Waals surface area (Å²) in [4.78, 5) is 18.8. The number of hydrogen-bond donors (Lipinski definition) is 1. The lowest BCUT2D eigenvalue weighted by Gasteiger charge is -2.42. The summed E-state index contributed by atoms with van der Waals surface area (Å²) in [5.41, 5.74) is 7.92. The molecule has 1 atom stereocenters. The van der Waals surface area contributed by atoms with E-state index in [1.54, 1.807) is 0 Å². The molecule has 3 rings (SSSR count). The molecule has 1 saturated carbocycles. The normalized spacial score (nSPS) is 23.2. The molecule has 22 heavy (non-hydrogen) atoms. The predicted octanol–water partition coefficient (Wildman–Crippen LogP) is 3.00. The van der Waals surface area contributed by atoms with Gasteiger partial charge in [-0.1, -0.05) is 19.9 Å². The third kappa shape index (κ3) is 3.92. The molecule has 124 valence electrons. The molecule has 0 bridgehead atoms. The van der Waals surface area contributed by atoms with Gasteiger partial charge in [0.2, 0.25) is 0 Å². The molecular formula is C16H25Cl2N3O. The zero-order valence-electron chi connectivity index (χ0n) is 13.1. The summed E-state index contributed by atoms with van der Waals surface area (Å²) in [6.45, 7) is 5.69. The zero-order chi connectivity index (χ0) is 14.3. The second kappa shape index (κ2) is 7.16. The van der Waals surface area contributed by atoms with E-state index in [2.05, 4.69) is 24.9 Å². The Morgan fingerprint density at radius 3 is 2.45 bits per heavy atom. The lowest BCUT2D eigenvalue weighted by molar-refractivity contribution is 0.0527. The maximum Gasteiger partial charge on any atom is 0.272 e. The number of halogens is 2. The Morgan fingerprint density at radius 1 is 1.27 bits per heavy atom. The van der Waals surface area contributed by atoms with Gasteiger partial charge in [0.15, 0.2) is 0 Å². The van der Waals surface area contributed by atoms with Crippen molar-refractivity contribution in [2.24, 2.45) is 11.1 Å². The fourth-order valence-corrected chi connectivity index (χ4v) is 2.90. The minimum absolute atomic E-state index is 0. The molecule has 1 saturated heterocycles. The van der Waals surface area contributed by atoms with Gasteiger partial charge in [0, 0.05) is 25.3 Å². The van der Waals surface area contributed by atoms with Crippen LogP contribution in [-0.4, -0.2) is 34.9 Å². The van der Waals surface area contributed by atoms with E-state index < -0.39 is 0 Å². The molecule has 1 aliphatic heterocycles. The first-order valence-corrected chi connectivity index (χ1v) is 7.48. The van der Waals surface area contributed by atoms with Crippen LogP contribution in [0.1, 0.15) is 55.1 Å². The maximum absolute atomic E-state index is 12.5. The summed E-state index contributed by atoms with van der Waals surface area (Å²) < 4.78 is 0. The summed E-state index contributed by atoms with van der Waals surface area (Å²) in [5, 5.41) is 0. The van der Waals surface area contributed by atoms with Crippen LogP contribution >= 0.6 is 24.8 Å². The predicted molar refractivity (Wildman–Crippen MR) is 93.0 cm³/mol. The van der Waals surface area contributed by atoms with Crippen molar-refractivity contribution < 1.29 is 4.79 Å². The Morgan fingerprint density at radius 2 is 1.95 bits per heavy atom. The first-order chi connectivity index (χ1) is 9.47. The van der Waals surface area contributed by atoms with Crippen LogP contribution in [0, 0.1) is 5.41 Å². The monoisotopic (exact) mass is 345 g/mol. The number of carbonyl (C=O) groups excluding carboxylic acids is 1. The van der Waals surface area contributed by atoms with E-state index in [0.29, 0.717) is 18.2 Å². The van der Waals surface area contributed by atoms with E-state index in [0.717, 1.165) is 13.0 Å². The lowest BCUT2D eigenvalue weighted by atomic mass is 9.79. The number of piperidine rings is 1. The highest BCUT2D eigenvalue weighted by atomic mass is 35.5. The number of pyridine rings is 1. The molecule has 4 nitrogen and oxygen atoms in total. The molecule has 2 N–H and O–H groups in total. The van der Waals surface area contributed by atoms with E-state index in [1.807, 2.05) is 17.2 Å². The maximum atomic E-state index is 12.5. The van der Waals surface area contributed by atoms with Crippen molar-refractivity contribution in [2.45, 2.75) is 45.1 Å². The Balaban J connectivity index is 0.00000121. The lowest BCUT2D eigenvalue weighted by Crippen LogP contribution is -2.54. The molecule has 2 aliphatic rings. The van der Waals surface area contributed by atoms with Crippen molar-refractivity contribution in [3.05, 3.63) is 29.6 Å². The van der Waals surface area contributed by atoms with E-state index >= 15 is 0 Å². The first kappa shape index (κ1) is 19.2. The van der Waals surface area contributed by atoms with Crippen molar-refractivity contribution in [1.29, 1.82) is 0 Å². The molecule has 2 heterocycles. The number of likely N-dealkylation sites (tertiary alicyclic amines) is 1. The first-order valence-electron chi connectivity index (χ1n) is 7.48. The molecular weight excluding hydrogens is 321 g/mol. The van der Waals surface area contributed by atoms with Gasteiger partial charge in [-0.15, -0.1) is 24.8 Å². The van der Waals surface area contributed by atoms with Gasteiger partial charge < -0.3 is 10.6 Å². The molecule has 1 aliphatic carbocycles. The van der Waals surface area contributed by atoms with Crippen LogP contribution in [0.2, 0.25) is 0 Å². The van der Waals surface area contributed by atoms with E-state index in [1.165, 1.54) is 18.4 Å². The number of carbonyl (C=O) groups is 1. The van der Waals surface area contributed by atoms with Crippen LogP contribution in [0.4, 0.5) is 0 Å². The van der Waals surface area contributed by atoms with Gasteiger partial charge in [-0.3, -0.25) is 9.78 Å². The minimum Gasteiger partial charge on any atom is -0.337 e. The largest absolute Gasteiger partial charge is 0.337 e. The van der Waals surface area contributed by atoms with Gasteiger partial charge in [-0.05, 0) is 42.2 Å². The quantitative estimate of drug-likeness (QED) is 0.896. The third-order valence-corrected chi connectivity index (χ3v) is 4.65. The summed E-state index contributed by atoms with van der Waals surface area (Å²) in [6.07, 6.45) is 5.24. The van der Waals surface area contributed by atoms with Crippen LogP contribution < -0.4 is 5.73 Å². The number of rotatable bonds is 2. The summed E-state index contributed by atoms with van der Waals surface area (Å²) in [7, 11) is 0. The number of nitrogens with zero attached hydrogens (tertiary/aromatic N) is 2. The highest BCUT2D eigenvalue weighted by Gasteiger charge is 2.36. The van der Waals surface area contributed by atoms with Gasteiger partial charge >= 0.3 is 0 Å². The smallest absolute Gasteiger partial charge is 0.272 e. The highest BCUT2D eigenvalue weighted by molar-refractivity contribution is 5.92. The Kier molecular flexibility index (Phi) is 6.25. The zero-order valence-corrected chi connectivity index (χ0v) is 14.8. The van der Waals surface area contributed by atoms with Crippen molar-refractivity contribution in [2.75, 3.05) is 13.1 Å². The van der Waals surface area contributed by atoms with E-state index in [4.69, 9.17) is 5.73 Å². The second-order valence-electron chi connectivity index (χ2n) is 6.86. The van der Waals surface area contributed by atoms with E-state index in [-0.39, 0.29) is 42.2 Å². The fourth-order valence-electron chi connectivity index (χ4n) is 2.90. The molecule has 0 spiro atoms. The van der Waals surface area contributed by atoms with Crippen LogP contribution in [0.5, 0.6) is 0 Å². The number of nitrogens with two attached hydrogens (primary N) is 1. The van der Waals surface area contributed by atoms with Gasteiger partial charge in [0.25, 0.3) is 5.91 Å². The minimum atomic E-state index is -0.0259. The highest BCUT2D eigenvalue weighted by Crippen LogP contribution is 2.39. The summed E-state index contributed by atoms with van der Waals surface area (Å²) >= 11 is 0. The SMILES string of the molecule is CC1(C)CN(C(=O)c2ccc(C3CC3)cn2)CCC1N.Cl.Cl. The Labute approximate surface area is 144 Å². The Bertz CT molecular complexity index is 515. The van der Waals surface area contributed by atoms with Crippen LogP contribution in [-0.2, 0) is 0 Å². The molecule has 1 aromatic rings. The van der Waals surface area contributed by atoms with Crippen molar-refractivity contribution in [3.8, 4) is 0 Å².